The lowest BCUT2D eigenvalue weighted by molar-refractivity contribution is -0.118. The molecule has 3 rings (SSSR count). The van der Waals surface area contributed by atoms with Gasteiger partial charge in [0.2, 0.25) is 0 Å². The number of benzene rings is 3. The molecule has 8 heteroatoms. The fraction of sp³-hybridized carbons (Fsp3) is 0.207. The number of nitriles is 1. The van der Waals surface area contributed by atoms with E-state index < -0.39 is 5.91 Å². The predicted molar refractivity (Wildman–Crippen MR) is 147 cm³/mol. The highest BCUT2D eigenvalue weighted by atomic mass is 79.9. The lowest BCUT2D eigenvalue weighted by Gasteiger charge is -2.15. The van der Waals surface area contributed by atoms with Gasteiger partial charge >= 0.3 is 0 Å². The number of amides is 2. The minimum atomic E-state index is -0.485. The Kier molecular flexibility index (Phi) is 9.87. The van der Waals surface area contributed by atoms with Crippen molar-refractivity contribution >= 4 is 39.5 Å². The Hall–Kier alpha value is -4.09. The van der Waals surface area contributed by atoms with Crippen molar-refractivity contribution < 1.29 is 19.1 Å². The first-order chi connectivity index (χ1) is 17.8. The van der Waals surface area contributed by atoms with Gasteiger partial charge in [0.15, 0.2) is 18.1 Å². The number of carbonyl (C=O) groups excluding carboxylic acids is 2. The number of ether oxygens (including phenoxy) is 2. The van der Waals surface area contributed by atoms with Crippen LogP contribution in [0.2, 0.25) is 0 Å². The van der Waals surface area contributed by atoms with Crippen molar-refractivity contribution in [1.82, 2.24) is 5.32 Å². The van der Waals surface area contributed by atoms with Gasteiger partial charge < -0.3 is 20.1 Å². The summed E-state index contributed by atoms with van der Waals surface area (Å²) in [6.45, 7) is 5.77. The predicted octanol–water partition coefficient (Wildman–Crippen LogP) is 5.96. The van der Waals surface area contributed by atoms with E-state index in [-0.39, 0.29) is 24.1 Å². The van der Waals surface area contributed by atoms with Gasteiger partial charge in [0, 0.05) is 5.69 Å². The molecule has 3 aromatic carbocycles. The van der Waals surface area contributed by atoms with Gasteiger partial charge in [0.05, 0.1) is 17.1 Å². The molecular weight excluding hydrogens is 534 g/mol. The highest BCUT2D eigenvalue weighted by Crippen LogP contribution is 2.37. The van der Waals surface area contributed by atoms with Gasteiger partial charge in [-0.1, -0.05) is 48.0 Å². The maximum absolute atomic E-state index is 12.8. The van der Waals surface area contributed by atoms with Gasteiger partial charge in [-0.15, -0.1) is 0 Å². The van der Waals surface area contributed by atoms with E-state index in [0.29, 0.717) is 33.8 Å². The molecule has 0 aromatic heterocycles. The molecule has 0 spiro atoms. The standard InChI is InChI=1S/C29H28BrN3O4/c1-4-36-26-16-21(14-23(17-31)29(35)32-20(3)22-8-6-5-7-9-22)15-25(30)28(26)37-18-27(34)33-24-12-10-19(2)11-13-24/h5-16,20H,4,18H2,1-3H3,(H,32,35)(H,33,34)/b23-14-/t20-/m0/s1. The van der Waals surface area contributed by atoms with E-state index in [1.54, 1.807) is 12.1 Å². The molecule has 1 atom stereocenters. The minimum absolute atomic E-state index is 0.0525. The third kappa shape index (κ3) is 7.95. The summed E-state index contributed by atoms with van der Waals surface area (Å²) in [5.74, 6) is -0.0838. The number of hydrogen-bond donors (Lipinski definition) is 2. The number of hydrogen-bond acceptors (Lipinski definition) is 5. The van der Waals surface area contributed by atoms with E-state index in [0.717, 1.165) is 11.1 Å². The van der Waals surface area contributed by atoms with Crippen LogP contribution in [0, 0.1) is 18.3 Å². The summed E-state index contributed by atoms with van der Waals surface area (Å²) < 4.78 is 12.0. The molecule has 0 fully saturated rings. The van der Waals surface area contributed by atoms with Crippen LogP contribution in [0.25, 0.3) is 6.08 Å². The van der Waals surface area contributed by atoms with Gasteiger partial charge in [-0.3, -0.25) is 9.59 Å². The Bertz CT molecular complexity index is 1320. The first-order valence-corrected chi connectivity index (χ1v) is 12.5. The molecule has 0 aliphatic heterocycles. The Morgan fingerprint density at radius 3 is 2.43 bits per heavy atom. The van der Waals surface area contributed by atoms with Crippen LogP contribution in [-0.4, -0.2) is 25.0 Å². The van der Waals surface area contributed by atoms with Crippen LogP contribution >= 0.6 is 15.9 Å². The second kappa shape index (κ2) is 13.3. The highest BCUT2D eigenvalue weighted by Gasteiger charge is 2.17. The Morgan fingerprint density at radius 1 is 1.08 bits per heavy atom. The topological polar surface area (TPSA) is 100 Å². The first kappa shape index (κ1) is 27.5. The average Bonchev–Trinajstić information content (AvgIpc) is 2.88. The van der Waals surface area contributed by atoms with E-state index in [1.165, 1.54) is 6.08 Å². The second-order valence-corrected chi connectivity index (χ2v) is 9.10. The molecule has 37 heavy (non-hydrogen) atoms. The molecule has 2 amide bonds. The van der Waals surface area contributed by atoms with Gasteiger partial charge in [-0.05, 0) is 78.2 Å². The normalized spacial score (nSPS) is 11.7. The number of rotatable bonds is 10. The van der Waals surface area contributed by atoms with Crippen molar-refractivity contribution in [3.8, 4) is 17.6 Å². The largest absolute Gasteiger partial charge is 0.490 e. The van der Waals surface area contributed by atoms with Crippen molar-refractivity contribution in [1.29, 1.82) is 5.26 Å². The summed E-state index contributed by atoms with van der Waals surface area (Å²) in [6.07, 6.45) is 1.48. The number of nitrogens with one attached hydrogen (secondary N) is 2. The van der Waals surface area contributed by atoms with Gasteiger partial charge in [-0.25, -0.2) is 0 Å². The summed E-state index contributed by atoms with van der Waals surface area (Å²) in [4.78, 5) is 25.1. The van der Waals surface area contributed by atoms with Crippen LogP contribution in [0.4, 0.5) is 5.69 Å². The van der Waals surface area contributed by atoms with Crippen LogP contribution in [0.15, 0.2) is 76.8 Å². The zero-order valence-electron chi connectivity index (χ0n) is 20.9. The minimum Gasteiger partial charge on any atom is -0.490 e. The Morgan fingerprint density at radius 2 is 1.78 bits per heavy atom. The van der Waals surface area contributed by atoms with Crippen molar-refractivity contribution in [3.63, 3.8) is 0 Å². The fourth-order valence-corrected chi connectivity index (χ4v) is 4.03. The quantitative estimate of drug-likeness (QED) is 0.235. The van der Waals surface area contributed by atoms with E-state index in [1.807, 2.05) is 81.4 Å². The van der Waals surface area contributed by atoms with E-state index in [2.05, 4.69) is 26.6 Å². The molecule has 0 saturated heterocycles. The third-order valence-corrected chi connectivity index (χ3v) is 5.93. The van der Waals surface area contributed by atoms with Gasteiger partial charge in [-0.2, -0.15) is 5.26 Å². The molecule has 190 valence electrons. The molecule has 0 radical (unpaired) electrons. The molecular formula is C29H28BrN3O4. The van der Waals surface area contributed by atoms with E-state index in [9.17, 15) is 14.9 Å². The zero-order chi connectivity index (χ0) is 26.8. The van der Waals surface area contributed by atoms with Gasteiger partial charge in [0.1, 0.15) is 11.6 Å². The SMILES string of the molecule is CCOc1cc(/C=C(/C#N)C(=O)N[C@@H](C)c2ccccc2)cc(Br)c1OCC(=O)Nc1ccc(C)cc1. The monoisotopic (exact) mass is 561 g/mol. The van der Waals surface area contributed by atoms with E-state index in [4.69, 9.17) is 9.47 Å². The summed E-state index contributed by atoms with van der Waals surface area (Å²) in [5.41, 5.74) is 3.21. The number of carbonyl (C=O) groups is 2. The molecule has 0 aliphatic rings. The molecule has 0 heterocycles. The lowest BCUT2D eigenvalue weighted by atomic mass is 10.1. The number of halogens is 1. The fourth-order valence-electron chi connectivity index (χ4n) is 3.46. The molecule has 7 nitrogen and oxygen atoms in total. The second-order valence-electron chi connectivity index (χ2n) is 8.24. The van der Waals surface area contributed by atoms with Gasteiger partial charge in [0.25, 0.3) is 11.8 Å². The highest BCUT2D eigenvalue weighted by molar-refractivity contribution is 9.10. The lowest BCUT2D eigenvalue weighted by Crippen LogP contribution is -2.27. The molecule has 0 bridgehead atoms. The van der Waals surface area contributed by atoms with Crippen molar-refractivity contribution in [2.24, 2.45) is 0 Å². The molecule has 0 aliphatic carbocycles. The van der Waals surface area contributed by atoms with Crippen LogP contribution in [0.3, 0.4) is 0 Å². The third-order valence-electron chi connectivity index (χ3n) is 5.34. The number of nitrogens with zero attached hydrogens (tertiary/aromatic N) is 1. The summed E-state index contributed by atoms with van der Waals surface area (Å²) >= 11 is 3.46. The smallest absolute Gasteiger partial charge is 0.262 e. The average molecular weight is 562 g/mol. The number of aryl methyl sites for hydroxylation is 1. The van der Waals surface area contributed by atoms with Crippen LogP contribution < -0.4 is 20.1 Å². The van der Waals surface area contributed by atoms with Crippen molar-refractivity contribution in [2.75, 3.05) is 18.5 Å². The maximum Gasteiger partial charge on any atom is 0.262 e. The van der Waals surface area contributed by atoms with Crippen LogP contribution in [0.5, 0.6) is 11.5 Å². The summed E-state index contributed by atoms with van der Waals surface area (Å²) in [5, 5.41) is 15.3. The van der Waals surface area contributed by atoms with Crippen molar-refractivity contribution in [3.05, 3.63) is 93.5 Å². The first-order valence-electron chi connectivity index (χ1n) is 11.7. The zero-order valence-corrected chi connectivity index (χ0v) is 22.5. The Labute approximate surface area is 225 Å². The van der Waals surface area contributed by atoms with Crippen LogP contribution in [-0.2, 0) is 9.59 Å². The molecule has 3 aromatic rings. The van der Waals surface area contributed by atoms with Crippen LogP contribution in [0.1, 0.15) is 36.6 Å². The molecule has 0 unspecified atom stereocenters. The molecule has 0 saturated carbocycles. The van der Waals surface area contributed by atoms with E-state index >= 15 is 0 Å². The maximum atomic E-state index is 12.8. The number of anilines is 1. The summed E-state index contributed by atoms with van der Waals surface area (Å²) in [6, 6.07) is 22.0. The molecule has 2 N–H and O–H groups in total. The van der Waals surface area contributed by atoms with Crippen molar-refractivity contribution in [2.45, 2.75) is 26.8 Å². The Balaban J connectivity index is 1.74. The summed E-state index contributed by atoms with van der Waals surface area (Å²) in [7, 11) is 0.